The van der Waals surface area contributed by atoms with Crippen LogP contribution in [-0.4, -0.2) is 34.8 Å². The molecule has 0 aromatic heterocycles. The van der Waals surface area contributed by atoms with Gasteiger partial charge in [0, 0.05) is 12.1 Å². The van der Waals surface area contributed by atoms with Gasteiger partial charge in [0.2, 0.25) is 0 Å². The van der Waals surface area contributed by atoms with E-state index >= 15 is 0 Å². The molecule has 1 atom stereocenters. The Kier molecular flexibility index (Phi) is 7.54. The number of ketones is 1. The topological polar surface area (TPSA) is 66.8 Å². The SMILES string of the molecule is CCCN1C(=O)C(=O)/C(=C(\O)c2ccc(OCC)c(C(C)C)c2)C1c1ccc(C(C)(C)C)cc1. The van der Waals surface area contributed by atoms with E-state index in [1.54, 1.807) is 11.0 Å². The van der Waals surface area contributed by atoms with Gasteiger partial charge < -0.3 is 14.7 Å². The van der Waals surface area contributed by atoms with Gasteiger partial charge in [0.05, 0.1) is 18.2 Å². The second-order valence-corrected chi connectivity index (χ2v) is 10.2. The van der Waals surface area contributed by atoms with Crippen molar-refractivity contribution in [1.82, 2.24) is 4.90 Å². The number of nitrogens with zero attached hydrogens (tertiary/aromatic N) is 1. The Hall–Kier alpha value is -3.08. The van der Waals surface area contributed by atoms with Crippen molar-refractivity contribution in [2.75, 3.05) is 13.2 Å². The molecule has 1 saturated heterocycles. The highest BCUT2D eigenvalue weighted by atomic mass is 16.5. The number of rotatable bonds is 7. The van der Waals surface area contributed by atoms with Gasteiger partial charge in [-0.15, -0.1) is 0 Å². The van der Waals surface area contributed by atoms with Crippen molar-refractivity contribution in [2.24, 2.45) is 0 Å². The van der Waals surface area contributed by atoms with E-state index in [2.05, 4.69) is 34.6 Å². The lowest BCUT2D eigenvalue weighted by atomic mass is 9.85. The molecule has 3 rings (SSSR count). The lowest BCUT2D eigenvalue weighted by Gasteiger charge is -2.26. The molecule has 34 heavy (non-hydrogen) atoms. The molecule has 1 heterocycles. The van der Waals surface area contributed by atoms with Gasteiger partial charge in [0.1, 0.15) is 11.5 Å². The molecule has 1 N–H and O–H groups in total. The summed E-state index contributed by atoms with van der Waals surface area (Å²) < 4.78 is 5.75. The fourth-order valence-electron chi connectivity index (χ4n) is 4.45. The third-order valence-electron chi connectivity index (χ3n) is 6.30. The number of amides is 1. The van der Waals surface area contributed by atoms with Crippen LogP contribution in [0, 0.1) is 0 Å². The molecule has 0 spiro atoms. The number of aliphatic hydroxyl groups excluding tert-OH is 1. The smallest absolute Gasteiger partial charge is 0.295 e. The van der Waals surface area contributed by atoms with Crippen LogP contribution in [0.2, 0.25) is 0 Å². The maximum atomic E-state index is 13.2. The molecule has 1 amide bonds. The van der Waals surface area contributed by atoms with Crippen molar-refractivity contribution < 1.29 is 19.4 Å². The average Bonchev–Trinajstić information content (AvgIpc) is 3.03. The molecular weight excluding hydrogens is 426 g/mol. The molecule has 182 valence electrons. The van der Waals surface area contributed by atoms with E-state index in [1.165, 1.54) is 0 Å². The molecule has 1 aliphatic heterocycles. The second kappa shape index (κ2) is 10.0. The van der Waals surface area contributed by atoms with Gasteiger partial charge in [0.15, 0.2) is 0 Å². The molecule has 0 saturated carbocycles. The zero-order chi connectivity index (χ0) is 25.2. The Morgan fingerprint density at radius 1 is 1.06 bits per heavy atom. The van der Waals surface area contributed by atoms with Gasteiger partial charge in [-0.1, -0.05) is 65.8 Å². The summed E-state index contributed by atoms with van der Waals surface area (Å²) in [6.07, 6.45) is 0.712. The van der Waals surface area contributed by atoms with E-state index in [-0.39, 0.29) is 22.7 Å². The van der Waals surface area contributed by atoms with Crippen LogP contribution in [0.15, 0.2) is 48.0 Å². The first-order chi connectivity index (χ1) is 16.0. The number of hydrogen-bond acceptors (Lipinski definition) is 4. The summed E-state index contributed by atoms with van der Waals surface area (Å²) in [6.45, 7) is 15.4. The van der Waals surface area contributed by atoms with E-state index in [4.69, 9.17) is 4.74 Å². The minimum Gasteiger partial charge on any atom is -0.507 e. The van der Waals surface area contributed by atoms with Crippen LogP contribution >= 0.6 is 0 Å². The second-order valence-electron chi connectivity index (χ2n) is 10.2. The highest BCUT2D eigenvalue weighted by molar-refractivity contribution is 6.46. The van der Waals surface area contributed by atoms with Crippen LogP contribution in [0.4, 0.5) is 0 Å². The van der Waals surface area contributed by atoms with Crippen LogP contribution in [0.1, 0.15) is 89.1 Å². The van der Waals surface area contributed by atoms with Gasteiger partial charge in [-0.05, 0) is 59.6 Å². The van der Waals surface area contributed by atoms with Crippen LogP contribution in [-0.2, 0) is 15.0 Å². The van der Waals surface area contributed by atoms with Crippen molar-refractivity contribution in [2.45, 2.75) is 72.3 Å². The number of ether oxygens (including phenoxy) is 1. The number of likely N-dealkylation sites (tertiary alicyclic amines) is 1. The summed E-state index contributed by atoms with van der Waals surface area (Å²) >= 11 is 0. The van der Waals surface area contributed by atoms with Crippen molar-refractivity contribution >= 4 is 17.4 Å². The van der Waals surface area contributed by atoms with Crippen molar-refractivity contribution in [3.8, 4) is 5.75 Å². The largest absolute Gasteiger partial charge is 0.507 e. The average molecular weight is 464 g/mol. The zero-order valence-corrected chi connectivity index (χ0v) is 21.4. The third-order valence-corrected chi connectivity index (χ3v) is 6.30. The number of aliphatic hydroxyl groups is 1. The molecule has 1 aliphatic rings. The standard InChI is InChI=1S/C29H37NO4/c1-8-16-30-25(19-10-13-21(14-11-19)29(5,6)7)24(27(32)28(30)33)26(31)20-12-15-23(34-9-2)22(17-20)18(3)4/h10-15,17-18,25,31H,8-9,16H2,1-7H3/b26-24-. The molecule has 2 aromatic rings. The Labute approximate surface area is 203 Å². The minimum atomic E-state index is -0.643. The molecule has 0 bridgehead atoms. The van der Waals surface area contributed by atoms with Gasteiger partial charge in [-0.2, -0.15) is 0 Å². The van der Waals surface area contributed by atoms with Crippen LogP contribution in [0.3, 0.4) is 0 Å². The van der Waals surface area contributed by atoms with Gasteiger partial charge in [-0.25, -0.2) is 0 Å². The summed E-state index contributed by atoms with van der Waals surface area (Å²) in [5, 5.41) is 11.4. The first-order valence-corrected chi connectivity index (χ1v) is 12.2. The highest BCUT2D eigenvalue weighted by Crippen LogP contribution is 2.41. The van der Waals surface area contributed by atoms with Crippen LogP contribution in [0.25, 0.3) is 5.76 Å². The molecule has 2 aromatic carbocycles. The molecule has 0 aliphatic carbocycles. The maximum absolute atomic E-state index is 13.2. The number of carbonyl (C=O) groups excluding carboxylic acids is 2. The number of Topliss-reactive ketones (excluding diaryl/α,β-unsaturated/α-hetero) is 1. The van der Waals surface area contributed by atoms with Gasteiger partial charge in [-0.3, -0.25) is 9.59 Å². The summed E-state index contributed by atoms with van der Waals surface area (Å²) in [5.74, 6) is -0.432. The van der Waals surface area contributed by atoms with Crippen molar-refractivity contribution in [1.29, 1.82) is 0 Å². The number of benzene rings is 2. The predicted octanol–water partition coefficient (Wildman–Crippen LogP) is 6.34. The molecule has 5 nitrogen and oxygen atoms in total. The summed E-state index contributed by atoms with van der Waals surface area (Å²) in [5.41, 5.74) is 3.56. The van der Waals surface area contributed by atoms with Crippen LogP contribution < -0.4 is 4.74 Å². The van der Waals surface area contributed by atoms with Crippen molar-refractivity contribution in [3.05, 3.63) is 70.3 Å². The monoisotopic (exact) mass is 463 g/mol. The normalized spacial score (nSPS) is 18.1. The van der Waals surface area contributed by atoms with Gasteiger partial charge >= 0.3 is 0 Å². The predicted molar refractivity (Wildman–Crippen MR) is 136 cm³/mol. The van der Waals surface area contributed by atoms with Crippen molar-refractivity contribution in [3.63, 3.8) is 0 Å². The molecular formula is C29H37NO4. The lowest BCUT2D eigenvalue weighted by Crippen LogP contribution is -2.30. The van der Waals surface area contributed by atoms with Crippen LogP contribution in [0.5, 0.6) is 5.75 Å². The third kappa shape index (κ3) is 4.89. The van der Waals surface area contributed by atoms with E-state index in [0.717, 1.165) is 22.4 Å². The Bertz CT molecular complexity index is 1090. The maximum Gasteiger partial charge on any atom is 0.295 e. The molecule has 5 heteroatoms. The Morgan fingerprint density at radius 3 is 2.24 bits per heavy atom. The zero-order valence-electron chi connectivity index (χ0n) is 21.4. The number of carbonyl (C=O) groups is 2. The summed E-state index contributed by atoms with van der Waals surface area (Å²) in [4.78, 5) is 27.7. The Balaban J connectivity index is 2.17. The molecule has 1 fully saturated rings. The molecule has 1 unspecified atom stereocenters. The summed E-state index contributed by atoms with van der Waals surface area (Å²) in [6, 6.07) is 12.8. The van der Waals surface area contributed by atoms with E-state index in [9.17, 15) is 14.7 Å². The van der Waals surface area contributed by atoms with E-state index in [1.807, 2.05) is 50.2 Å². The molecule has 0 radical (unpaired) electrons. The van der Waals surface area contributed by atoms with E-state index in [0.29, 0.717) is 25.1 Å². The lowest BCUT2D eigenvalue weighted by molar-refractivity contribution is -0.139. The first kappa shape index (κ1) is 25.5. The van der Waals surface area contributed by atoms with E-state index < -0.39 is 17.7 Å². The Morgan fingerprint density at radius 2 is 1.71 bits per heavy atom. The summed E-state index contributed by atoms with van der Waals surface area (Å²) in [7, 11) is 0. The minimum absolute atomic E-state index is 0.0146. The quantitative estimate of drug-likeness (QED) is 0.296. The highest BCUT2D eigenvalue weighted by Gasteiger charge is 2.45. The fraction of sp³-hybridized carbons (Fsp3) is 0.448. The number of hydrogen-bond donors (Lipinski definition) is 1. The fourth-order valence-corrected chi connectivity index (χ4v) is 4.45. The first-order valence-electron chi connectivity index (χ1n) is 12.2. The van der Waals surface area contributed by atoms with Gasteiger partial charge in [0.25, 0.3) is 11.7 Å².